The van der Waals surface area contributed by atoms with E-state index in [1.165, 1.54) is 4.31 Å². The molecule has 0 saturated heterocycles. The Morgan fingerprint density at radius 1 is 1.35 bits per heavy atom. The first-order valence-electron chi connectivity index (χ1n) is 6.85. The van der Waals surface area contributed by atoms with Gasteiger partial charge in [0, 0.05) is 25.7 Å². The Kier molecular flexibility index (Phi) is 6.39. The van der Waals surface area contributed by atoms with Crippen molar-refractivity contribution >= 4 is 10.0 Å². The minimum absolute atomic E-state index is 0.307. The Balaban J connectivity index is 3.13. The van der Waals surface area contributed by atoms with E-state index in [1.54, 1.807) is 18.2 Å². The third kappa shape index (κ3) is 4.16. The van der Waals surface area contributed by atoms with Crippen LogP contribution in [0.3, 0.4) is 0 Å². The zero-order valence-electron chi connectivity index (χ0n) is 12.5. The highest BCUT2D eigenvalue weighted by molar-refractivity contribution is 7.89. The largest absolute Gasteiger partial charge is 0.310 e. The molecule has 20 heavy (non-hydrogen) atoms. The fourth-order valence-electron chi connectivity index (χ4n) is 1.90. The van der Waals surface area contributed by atoms with E-state index in [-0.39, 0.29) is 0 Å². The fourth-order valence-corrected chi connectivity index (χ4v) is 3.54. The third-order valence-electron chi connectivity index (χ3n) is 2.98. The summed E-state index contributed by atoms with van der Waals surface area (Å²) in [6.45, 7) is 10.8. The summed E-state index contributed by atoms with van der Waals surface area (Å²) in [5, 5.41) is 3.26. The molecule has 0 spiro atoms. The SMILES string of the molecule is C=CCN(CC)S(=O)(=O)c1ccccc1CNC(C)C. The van der Waals surface area contributed by atoms with Gasteiger partial charge in [0.1, 0.15) is 0 Å². The summed E-state index contributed by atoms with van der Waals surface area (Å²) in [5.41, 5.74) is 0.795. The second-order valence-electron chi connectivity index (χ2n) is 4.89. The molecule has 0 amide bonds. The van der Waals surface area contributed by atoms with Crippen molar-refractivity contribution in [1.82, 2.24) is 9.62 Å². The van der Waals surface area contributed by atoms with Gasteiger partial charge in [0.2, 0.25) is 10.0 Å². The van der Waals surface area contributed by atoms with Crippen LogP contribution in [0.2, 0.25) is 0 Å². The monoisotopic (exact) mass is 296 g/mol. The van der Waals surface area contributed by atoms with E-state index in [4.69, 9.17) is 0 Å². The van der Waals surface area contributed by atoms with Crippen molar-refractivity contribution in [3.05, 3.63) is 42.5 Å². The molecular formula is C15H24N2O2S. The number of rotatable bonds is 8. The Labute approximate surface area is 122 Å². The number of likely N-dealkylation sites (N-methyl/N-ethyl adjacent to an activating group) is 1. The average molecular weight is 296 g/mol. The van der Waals surface area contributed by atoms with Crippen molar-refractivity contribution in [2.75, 3.05) is 13.1 Å². The Bertz CT molecular complexity index is 539. The van der Waals surface area contributed by atoms with E-state index >= 15 is 0 Å². The lowest BCUT2D eigenvalue weighted by Crippen LogP contribution is -2.32. The maximum atomic E-state index is 12.7. The van der Waals surface area contributed by atoms with Gasteiger partial charge >= 0.3 is 0 Å². The van der Waals surface area contributed by atoms with Crippen LogP contribution in [-0.4, -0.2) is 31.9 Å². The van der Waals surface area contributed by atoms with Gasteiger partial charge in [-0.3, -0.25) is 0 Å². The van der Waals surface area contributed by atoms with Crippen LogP contribution in [0.15, 0.2) is 41.8 Å². The lowest BCUT2D eigenvalue weighted by Gasteiger charge is -2.21. The average Bonchev–Trinajstić information content (AvgIpc) is 2.42. The van der Waals surface area contributed by atoms with Gasteiger partial charge < -0.3 is 5.32 Å². The van der Waals surface area contributed by atoms with Crippen LogP contribution >= 0.6 is 0 Å². The minimum atomic E-state index is -3.47. The highest BCUT2D eigenvalue weighted by atomic mass is 32.2. The van der Waals surface area contributed by atoms with Crippen LogP contribution in [0.4, 0.5) is 0 Å². The standard InChI is InChI=1S/C15H24N2O2S/c1-5-11-17(6-2)20(18,19)15-10-8-7-9-14(15)12-16-13(3)4/h5,7-10,13,16H,1,6,11-12H2,2-4H3. The number of nitrogens with one attached hydrogen (secondary N) is 1. The van der Waals surface area contributed by atoms with Crippen molar-refractivity contribution in [3.63, 3.8) is 0 Å². The maximum absolute atomic E-state index is 12.7. The van der Waals surface area contributed by atoms with E-state index in [0.29, 0.717) is 30.6 Å². The zero-order valence-corrected chi connectivity index (χ0v) is 13.3. The molecule has 0 bridgehead atoms. The molecule has 0 radical (unpaired) electrons. The molecular weight excluding hydrogens is 272 g/mol. The van der Waals surface area contributed by atoms with Gasteiger partial charge in [0.25, 0.3) is 0 Å². The molecule has 0 unspecified atom stereocenters. The van der Waals surface area contributed by atoms with Crippen LogP contribution in [0, 0.1) is 0 Å². The first-order chi connectivity index (χ1) is 9.43. The molecule has 0 aliphatic heterocycles. The van der Waals surface area contributed by atoms with E-state index in [0.717, 1.165) is 5.56 Å². The summed E-state index contributed by atoms with van der Waals surface area (Å²) in [7, 11) is -3.47. The number of benzene rings is 1. The number of nitrogens with zero attached hydrogens (tertiary/aromatic N) is 1. The van der Waals surface area contributed by atoms with Gasteiger partial charge in [-0.05, 0) is 11.6 Å². The molecule has 0 saturated carbocycles. The lowest BCUT2D eigenvalue weighted by molar-refractivity contribution is 0.458. The topological polar surface area (TPSA) is 49.4 Å². The van der Waals surface area contributed by atoms with E-state index < -0.39 is 10.0 Å². The van der Waals surface area contributed by atoms with E-state index in [9.17, 15) is 8.42 Å². The molecule has 0 atom stereocenters. The molecule has 0 aliphatic rings. The van der Waals surface area contributed by atoms with Crippen LogP contribution in [-0.2, 0) is 16.6 Å². The first kappa shape index (κ1) is 16.9. The predicted molar refractivity (Wildman–Crippen MR) is 83.0 cm³/mol. The molecule has 5 heteroatoms. The minimum Gasteiger partial charge on any atom is -0.310 e. The third-order valence-corrected chi connectivity index (χ3v) is 5.02. The summed E-state index contributed by atoms with van der Waals surface area (Å²) < 4.78 is 26.8. The molecule has 1 rings (SSSR count). The van der Waals surface area contributed by atoms with Crippen molar-refractivity contribution in [3.8, 4) is 0 Å². The molecule has 4 nitrogen and oxygen atoms in total. The van der Waals surface area contributed by atoms with Gasteiger partial charge in [-0.15, -0.1) is 6.58 Å². The Morgan fingerprint density at radius 2 is 2.00 bits per heavy atom. The van der Waals surface area contributed by atoms with Crippen molar-refractivity contribution in [2.24, 2.45) is 0 Å². The van der Waals surface area contributed by atoms with Gasteiger partial charge in [-0.25, -0.2) is 8.42 Å². The second-order valence-corrected chi connectivity index (χ2v) is 6.79. The fraction of sp³-hybridized carbons (Fsp3) is 0.467. The molecule has 1 aromatic carbocycles. The number of hydrogen-bond acceptors (Lipinski definition) is 3. The normalized spacial score (nSPS) is 12.1. The number of sulfonamides is 1. The van der Waals surface area contributed by atoms with Crippen molar-refractivity contribution in [2.45, 2.75) is 38.3 Å². The van der Waals surface area contributed by atoms with Gasteiger partial charge in [0.05, 0.1) is 4.90 Å². The summed E-state index contributed by atoms with van der Waals surface area (Å²) in [5.74, 6) is 0. The Hall–Kier alpha value is -1.17. The van der Waals surface area contributed by atoms with Gasteiger partial charge in [-0.2, -0.15) is 4.31 Å². The molecule has 112 valence electrons. The van der Waals surface area contributed by atoms with Crippen molar-refractivity contribution in [1.29, 1.82) is 0 Å². The Morgan fingerprint density at radius 3 is 2.55 bits per heavy atom. The van der Waals surface area contributed by atoms with Gasteiger partial charge in [0.15, 0.2) is 0 Å². The van der Waals surface area contributed by atoms with Crippen molar-refractivity contribution < 1.29 is 8.42 Å². The predicted octanol–water partition coefficient (Wildman–Crippen LogP) is 2.38. The smallest absolute Gasteiger partial charge is 0.243 e. The van der Waals surface area contributed by atoms with E-state index in [2.05, 4.69) is 11.9 Å². The summed E-state index contributed by atoms with van der Waals surface area (Å²) in [6, 6.07) is 7.44. The van der Waals surface area contributed by atoms with Crippen LogP contribution in [0.25, 0.3) is 0 Å². The number of hydrogen-bond donors (Lipinski definition) is 1. The molecule has 0 aliphatic carbocycles. The summed E-state index contributed by atoms with van der Waals surface area (Å²) >= 11 is 0. The molecule has 1 aromatic rings. The molecule has 1 N–H and O–H groups in total. The van der Waals surface area contributed by atoms with E-state index in [1.807, 2.05) is 32.9 Å². The zero-order chi connectivity index (χ0) is 15.2. The highest BCUT2D eigenvalue weighted by Gasteiger charge is 2.24. The molecule has 0 heterocycles. The second kappa shape index (κ2) is 7.57. The van der Waals surface area contributed by atoms with Gasteiger partial charge in [-0.1, -0.05) is 45.0 Å². The lowest BCUT2D eigenvalue weighted by atomic mass is 10.2. The van der Waals surface area contributed by atoms with Crippen LogP contribution in [0.1, 0.15) is 26.3 Å². The summed E-state index contributed by atoms with van der Waals surface area (Å²) in [4.78, 5) is 0.372. The quantitative estimate of drug-likeness (QED) is 0.749. The highest BCUT2D eigenvalue weighted by Crippen LogP contribution is 2.20. The maximum Gasteiger partial charge on any atom is 0.243 e. The van der Waals surface area contributed by atoms with Crippen LogP contribution < -0.4 is 5.32 Å². The van der Waals surface area contributed by atoms with Crippen LogP contribution in [0.5, 0.6) is 0 Å². The molecule has 0 fully saturated rings. The molecule has 0 aromatic heterocycles. The summed E-state index contributed by atoms with van der Waals surface area (Å²) in [6.07, 6.45) is 1.61. The first-order valence-corrected chi connectivity index (χ1v) is 8.29.